The van der Waals surface area contributed by atoms with E-state index in [1.165, 1.54) is 7.11 Å². The van der Waals surface area contributed by atoms with Gasteiger partial charge in [0.25, 0.3) is 5.91 Å². The minimum Gasteiger partial charge on any atom is -0.493 e. The van der Waals surface area contributed by atoms with Gasteiger partial charge in [-0.1, -0.05) is 0 Å². The lowest BCUT2D eigenvalue weighted by Crippen LogP contribution is -2.33. The van der Waals surface area contributed by atoms with Crippen LogP contribution in [0.25, 0.3) is 0 Å². The van der Waals surface area contributed by atoms with Crippen LogP contribution < -0.4 is 9.47 Å². The molecular weight excluding hydrogens is 298 g/mol. The van der Waals surface area contributed by atoms with Crippen LogP contribution in [0.4, 0.5) is 0 Å². The number of methoxy groups -OCH3 is 3. The quantitative estimate of drug-likeness (QED) is 0.748. The van der Waals surface area contributed by atoms with Crippen LogP contribution in [0.1, 0.15) is 16.1 Å². The SMILES string of the molecule is COCCN(Cc1ccco1)C(=O)c1ccc(OC)c(OC)c1. The molecule has 0 bridgehead atoms. The second-order valence-electron chi connectivity index (χ2n) is 4.87. The molecule has 6 nitrogen and oxygen atoms in total. The van der Waals surface area contributed by atoms with E-state index in [4.69, 9.17) is 18.6 Å². The predicted octanol–water partition coefficient (Wildman–Crippen LogP) is 2.59. The first-order valence-corrected chi connectivity index (χ1v) is 7.22. The van der Waals surface area contributed by atoms with Gasteiger partial charge in [0.2, 0.25) is 0 Å². The second kappa shape index (κ2) is 8.24. The Morgan fingerprint density at radius 1 is 1.13 bits per heavy atom. The molecule has 0 fully saturated rings. The smallest absolute Gasteiger partial charge is 0.254 e. The molecule has 0 N–H and O–H groups in total. The van der Waals surface area contributed by atoms with Crippen LogP contribution in [-0.4, -0.2) is 45.3 Å². The molecule has 1 aromatic heterocycles. The van der Waals surface area contributed by atoms with E-state index < -0.39 is 0 Å². The number of rotatable bonds is 8. The van der Waals surface area contributed by atoms with E-state index >= 15 is 0 Å². The van der Waals surface area contributed by atoms with Gasteiger partial charge in [0.15, 0.2) is 11.5 Å². The predicted molar refractivity (Wildman–Crippen MR) is 84.9 cm³/mol. The highest BCUT2D eigenvalue weighted by molar-refractivity contribution is 5.94. The van der Waals surface area contributed by atoms with E-state index in [1.807, 2.05) is 6.07 Å². The van der Waals surface area contributed by atoms with Gasteiger partial charge in [0, 0.05) is 19.2 Å². The molecule has 23 heavy (non-hydrogen) atoms. The summed E-state index contributed by atoms with van der Waals surface area (Å²) < 4.78 is 20.9. The van der Waals surface area contributed by atoms with E-state index in [0.717, 1.165) is 5.76 Å². The average molecular weight is 319 g/mol. The number of ether oxygens (including phenoxy) is 3. The van der Waals surface area contributed by atoms with Crippen LogP contribution in [0.15, 0.2) is 41.0 Å². The lowest BCUT2D eigenvalue weighted by molar-refractivity contribution is 0.0666. The molecule has 0 radical (unpaired) electrons. The monoisotopic (exact) mass is 319 g/mol. The van der Waals surface area contributed by atoms with Gasteiger partial charge < -0.3 is 23.5 Å². The maximum absolute atomic E-state index is 12.8. The molecule has 1 amide bonds. The van der Waals surface area contributed by atoms with Crippen molar-refractivity contribution in [2.24, 2.45) is 0 Å². The molecule has 1 heterocycles. The molecule has 0 unspecified atom stereocenters. The van der Waals surface area contributed by atoms with Crippen LogP contribution in [0.5, 0.6) is 11.5 Å². The van der Waals surface area contributed by atoms with Crippen LogP contribution in [-0.2, 0) is 11.3 Å². The van der Waals surface area contributed by atoms with Crippen molar-refractivity contribution in [3.8, 4) is 11.5 Å². The van der Waals surface area contributed by atoms with Gasteiger partial charge in [-0.05, 0) is 30.3 Å². The fourth-order valence-corrected chi connectivity index (χ4v) is 2.20. The van der Waals surface area contributed by atoms with E-state index in [-0.39, 0.29) is 5.91 Å². The number of nitrogens with zero attached hydrogens (tertiary/aromatic N) is 1. The topological polar surface area (TPSA) is 61.1 Å². The number of benzene rings is 1. The molecule has 0 aliphatic rings. The summed E-state index contributed by atoms with van der Waals surface area (Å²) in [7, 11) is 4.70. The molecule has 124 valence electrons. The molecule has 2 aromatic rings. The van der Waals surface area contributed by atoms with Crippen molar-refractivity contribution in [3.63, 3.8) is 0 Å². The van der Waals surface area contributed by atoms with Crippen molar-refractivity contribution in [2.45, 2.75) is 6.54 Å². The van der Waals surface area contributed by atoms with Crippen molar-refractivity contribution >= 4 is 5.91 Å². The lowest BCUT2D eigenvalue weighted by Gasteiger charge is -2.22. The maximum atomic E-state index is 12.8. The highest BCUT2D eigenvalue weighted by Gasteiger charge is 2.19. The second-order valence-corrected chi connectivity index (χ2v) is 4.87. The standard InChI is InChI=1S/C17H21NO5/c1-20-10-8-18(12-14-5-4-9-23-14)17(19)13-6-7-15(21-2)16(11-13)22-3/h4-7,9,11H,8,10,12H2,1-3H3. The molecule has 0 spiro atoms. The Bertz CT molecular complexity index is 624. The van der Waals surface area contributed by atoms with E-state index in [9.17, 15) is 4.79 Å². The zero-order valence-corrected chi connectivity index (χ0v) is 13.6. The Hall–Kier alpha value is -2.47. The Labute approximate surface area is 135 Å². The molecule has 0 aliphatic carbocycles. The van der Waals surface area contributed by atoms with Gasteiger partial charge in [-0.2, -0.15) is 0 Å². The Morgan fingerprint density at radius 2 is 1.91 bits per heavy atom. The van der Waals surface area contributed by atoms with Crippen molar-refractivity contribution in [1.82, 2.24) is 4.90 Å². The largest absolute Gasteiger partial charge is 0.493 e. The average Bonchev–Trinajstić information content (AvgIpc) is 3.10. The van der Waals surface area contributed by atoms with Crippen molar-refractivity contribution < 1.29 is 23.4 Å². The van der Waals surface area contributed by atoms with Crippen LogP contribution >= 0.6 is 0 Å². The van der Waals surface area contributed by atoms with Crippen molar-refractivity contribution in [2.75, 3.05) is 34.5 Å². The minimum absolute atomic E-state index is 0.126. The van der Waals surface area contributed by atoms with Crippen LogP contribution in [0.3, 0.4) is 0 Å². The van der Waals surface area contributed by atoms with Gasteiger partial charge in [0.05, 0.1) is 33.6 Å². The molecule has 2 rings (SSSR count). The molecule has 6 heteroatoms. The number of carbonyl (C=O) groups is 1. The summed E-state index contributed by atoms with van der Waals surface area (Å²) in [5.41, 5.74) is 0.519. The summed E-state index contributed by atoms with van der Waals surface area (Å²) in [5.74, 6) is 1.69. The summed E-state index contributed by atoms with van der Waals surface area (Å²) in [6.07, 6.45) is 1.59. The fourth-order valence-electron chi connectivity index (χ4n) is 2.20. The zero-order chi connectivity index (χ0) is 16.7. The molecule has 0 aliphatic heterocycles. The lowest BCUT2D eigenvalue weighted by atomic mass is 10.1. The van der Waals surface area contributed by atoms with E-state index in [0.29, 0.717) is 36.8 Å². The van der Waals surface area contributed by atoms with Gasteiger partial charge in [-0.25, -0.2) is 0 Å². The fraction of sp³-hybridized carbons (Fsp3) is 0.353. The van der Waals surface area contributed by atoms with Gasteiger partial charge in [0.1, 0.15) is 5.76 Å². The molecule has 0 saturated carbocycles. The highest BCUT2D eigenvalue weighted by atomic mass is 16.5. The minimum atomic E-state index is -0.126. The normalized spacial score (nSPS) is 10.4. The number of hydrogen-bond acceptors (Lipinski definition) is 5. The van der Waals surface area contributed by atoms with Gasteiger partial charge >= 0.3 is 0 Å². The van der Waals surface area contributed by atoms with Crippen LogP contribution in [0, 0.1) is 0 Å². The first kappa shape index (κ1) is 16.9. The van der Waals surface area contributed by atoms with Gasteiger partial charge in [-0.15, -0.1) is 0 Å². The zero-order valence-electron chi connectivity index (χ0n) is 13.6. The molecular formula is C17H21NO5. The summed E-state index contributed by atoms with van der Waals surface area (Å²) in [6, 6.07) is 8.73. The third-order valence-corrected chi connectivity index (χ3v) is 3.41. The maximum Gasteiger partial charge on any atom is 0.254 e. The highest BCUT2D eigenvalue weighted by Crippen LogP contribution is 2.28. The van der Waals surface area contributed by atoms with Crippen molar-refractivity contribution in [3.05, 3.63) is 47.9 Å². The van der Waals surface area contributed by atoms with E-state index in [1.54, 1.807) is 49.6 Å². The van der Waals surface area contributed by atoms with Crippen LogP contribution in [0.2, 0.25) is 0 Å². The first-order chi connectivity index (χ1) is 11.2. The van der Waals surface area contributed by atoms with E-state index in [2.05, 4.69) is 0 Å². The Kier molecular flexibility index (Phi) is 6.05. The molecule has 0 atom stereocenters. The molecule has 1 aromatic carbocycles. The Balaban J connectivity index is 2.21. The van der Waals surface area contributed by atoms with Gasteiger partial charge in [-0.3, -0.25) is 4.79 Å². The summed E-state index contributed by atoms with van der Waals surface area (Å²) in [6.45, 7) is 1.29. The number of furan rings is 1. The number of hydrogen-bond donors (Lipinski definition) is 0. The summed E-state index contributed by atoms with van der Waals surface area (Å²) >= 11 is 0. The van der Waals surface area contributed by atoms with Crippen molar-refractivity contribution in [1.29, 1.82) is 0 Å². The summed E-state index contributed by atoms with van der Waals surface area (Å²) in [5, 5.41) is 0. The third kappa shape index (κ3) is 4.26. The first-order valence-electron chi connectivity index (χ1n) is 7.22. The number of amides is 1. The molecule has 0 saturated heterocycles. The Morgan fingerprint density at radius 3 is 2.52 bits per heavy atom. The third-order valence-electron chi connectivity index (χ3n) is 3.41. The number of carbonyl (C=O) groups excluding carboxylic acids is 1. The summed E-state index contributed by atoms with van der Waals surface area (Å²) in [4.78, 5) is 14.4.